The number of imidazole rings is 1. The number of nitrogens with zero attached hydrogens (tertiary/aromatic N) is 2. The van der Waals surface area contributed by atoms with Crippen LogP contribution < -0.4 is 5.73 Å². The van der Waals surface area contributed by atoms with E-state index in [4.69, 9.17) is 5.73 Å². The predicted octanol–water partition coefficient (Wildman–Crippen LogP) is 2.84. The molecule has 0 saturated heterocycles. The zero-order chi connectivity index (χ0) is 11.7. The molecule has 2 aliphatic rings. The third kappa shape index (κ3) is 2.01. The minimum atomic E-state index is 0.617. The van der Waals surface area contributed by atoms with Crippen LogP contribution in [0.1, 0.15) is 62.6 Å². The second kappa shape index (κ2) is 4.81. The van der Waals surface area contributed by atoms with Gasteiger partial charge in [0.15, 0.2) is 0 Å². The van der Waals surface area contributed by atoms with Crippen LogP contribution in [0.2, 0.25) is 0 Å². The van der Waals surface area contributed by atoms with E-state index in [2.05, 4.69) is 15.7 Å². The molecule has 2 atom stereocenters. The van der Waals surface area contributed by atoms with Crippen molar-refractivity contribution in [3.8, 4) is 0 Å². The Morgan fingerprint density at radius 3 is 2.71 bits per heavy atom. The molecule has 2 saturated carbocycles. The normalized spacial score (nSPS) is 30.2. The fourth-order valence-corrected chi connectivity index (χ4v) is 3.44. The average molecular weight is 233 g/mol. The van der Waals surface area contributed by atoms with Gasteiger partial charge in [0.1, 0.15) is 0 Å². The van der Waals surface area contributed by atoms with Crippen molar-refractivity contribution in [3.63, 3.8) is 0 Å². The minimum Gasteiger partial charge on any atom is -0.331 e. The SMILES string of the molecule is NCC1CCCCC1n1cncc1C1CCC1. The van der Waals surface area contributed by atoms with Gasteiger partial charge in [-0.05, 0) is 38.1 Å². The molecule has 2 fully saturated rings. The van der Waals surface area contributed by atoms with Gasteiger partial charge in [-0.3, -0.25) is 0 Å². The Hall–Kier alpha value is -0.830. The van der Waals surface area contributed by atoms with E-state index in [0.717, 1.165) is 12.5 Å². The summed E-state index contributed by atoms with van der Waals surface area (Å²) in [4.78, 5) is 4.39. The molecule has 1 heterocycles. The Balaban J connectivity index is 1.83. The van der Waals surface area contributed by atoms with Crippen LogP contribution in [0.15, 0.2) is 12.5 Å². The van der Waals surface area contributed by atoms with E-state index >= 15 is 0 Å². The third-order valence-corrected chi connectivity index (χ3v) is 4.75. The topological polar surface area (TPSA) is 43.8 Å². The number of rotatable bonds is 3. The van der Waals surface area contributed by atoms with Gasteiger partial charge in [0.25, 0.3) is 0 Å². The number of aromatic nitrogens is 2. The van der Waals surface area contributed by atoms with Gasteiger partial charge in [0, 0.05) is 23.9 Å². The predicted molar refractivity (Wildman–Crippen MR) is 68.9 cm³/mol. The van der Waals surface area contributed by atoms with Crippen molar-refractivity contribution in [1.29, 1.82) is 0 Å². The van der Waals surface area contributed by atoms with Crippen molar-refractivity contribution in [1.82, 2.24) is 9.55 Å². The highest BCUT2D eigenvalue weighted by Crippen LogP contribution is 2.40. The first-order valence-corrected chi connectivity index (χ1v) is 7.12. The molecule has 0 radical (unpaired) electrons. The van der Waals surface area contributed by atoms with Gasteiger partial charge >= 0.3 is 0 Å². The quantitative estimate of drug-likeness (QED) is 0.872. The summed E-state index contributed by atoms with van der Waals surface area (Å²) in [5.74, 6) is 1.44. The Labute approximate surface area is 103 Å². The van der Waals surface area contributed by atoms with Crippen LogP contribution in [0.5, 0.6) is 0 Å². The molecule has 0 bridgehead atoms. The zero-order valence-corrected chi connectivity index (χ0v) is 10.5. The second-order valence-electron chi connectivity index (χ2n) is 5.70. The maximum atomic E-state index is 5.94. The first kappa shape index (κ1) is 11.3. The lowest BCUT2D eigenvalue weighted by Gasteiger charge is -2.35. The van der Waals surface area contributed by atoms with E-state index < -0.39 is 0 Å². The van der Waals surface area contributed by atoms with E-state index in [-0.39, 0.29) is 0 Å². The van der Waals surface area contributed by atoms with Crippen molar-refractivity contribution in [2.45, 2.75) is 56.9 Å². The van der Waals surface area contributed by atoms with E-state index in [1.165, 1.54) is 50.6 Å². The largest absolute Gasteiger partial charge is 0.331 e. The maximum absolute atomic E-state index is 5.94. The first-order valence-electron chi connectivity index (χ1n) is 7.12. The highest BCUT2D eigenvalue weighted by Gasteiger charge is 2.30. The monoisotopic (exact) mass is 233 g/mol. The Morgan fingerprint density at radius 1 is 1.18 bits per heavy atom. The van der Waals surface area contributed by atoms with Gasteiger partial charge in [-0.2, -0.15) is 0 Å². The second-order valence-corrected chi connectivity index (χ2v) is 5.70. The standard InChI is InChI=1S/C14H23N3/c15-8-12-4-1-2-7-13(12)17-10-16-9-14(17)11-5-3-6-11/h9-13H,1-8,15H2. The van der Waals surface area contributed by atoms with Crippen LogP contribution in [0.4, 0.5) is 0 Å². The Morgan fingerprint density at radius 2 is 2.00 bits per heavy atom. The molecule has 2 N–H and O–H groups in total. The van der Waals surface area contributed by atoms with Crippen LogP contribution >= 0.6 is 0 Å². The summed E-state index contributed by atoms with van der Waals surface area (Å²) in [6.45, 7) is 0.826. The fraction of sp³-hybridized carbons (Fsp3) is 0.786. The van der Waals surface area contributed by atoms with E-state index in [0.29, 0.717) is 12.0 Å². The lowest BCUT2D eigenvalue weighted by atomic mass is 9.81. The van der Waals surface area contributed by atoms with Crippen LogP contribution in [-0.2, 0) is 0 Å². The fourth-order valence-electron chi connectivity index (χ4n) is 3.44. The Kier molecular flexibility index (Phi) is 3.19. The molecule has 0 aliphatic heterocycles. The van der Waals surface area contributed by atoms with Crippen LogP contribution in [-0.4, -0.2) is 16.1 Å². The zero-order valence-electron chi connectivity index (χ0n) is 10.5. The molecule has 0 aromatic carbocycles. The van der Waals surface area contributed by atoms with Crippen molar-refractivity contribution >= 4 is 0 Å². The van der Waals surface area contributed by atoms with Gasteiger partial charge in [-0.15, -0.1) is 0 Å². The van der Waals surface area contributed by atoms with Crippen molar-refractivity contribution in [2.75, 3.05) is 6.54 Å². The summed E-state index contributed by atoms with van der Waals surface area (Å²) < 4.78 is 2.46. The summed E-state index contributed by atoms with van der Waals surface area (Å²) in [6.07, 6.45) is 13.5. The highest BCUT2D eigenvalue weighted by atomic mass is 15.1. The molecule has 0 spiro atoms. The molecular weight excluding hydrogens is 210 g/mol. The van der Waals surface area contributed by atoms with E-state index in [1.807, 2.05) is 6.33 Å². The van der Waals surface area contributed by atoms with Crippen molar-refractivity contribution in [2.24, 2.45) is 11.7 Å². The summed E-state index contributed by atoms with van der Waals surface area (Å²) >= 11 is 0. The lowest BCUT2D eigenvalue weighted by Crippen LogP contribution is -2.30. The Bertz CT molecular complexity index is 367. The smallest absolute Gasteiger partial charge is 0.0950 e. The van der Waals surface area contributed by atoms with Gasteiger partial charge < -0.3 is 10.3 Å². The number of hydrogen-bond acceptors (Lipinski definition) is 2. The molecule has 3 nitrogen and oxygen atoms in total. The molecule has 2 unspecified atom stereocenters. The molecule has 0 amide bonds. The molecule has 3 heteroatoms. The van der Waals surface area contributed by atoms with Crippen LogP contribution in [0.25, 0.3) is 0 Å². The highest BCUT2D eigenvalue weighted by molar-refractivity contribution is 5.11. The summed E-state index contributed by atoms with van der Waals surface area (Å²) in [5.41, 5.74) is 7.41. The van der Waals surface area contributed by atoms with Crippen LogP contribution in [0.3, 0.4) is 0 Å². The maximum Gasteiger partial charge on any atom is 0.0950 e. The van der Waals surface area contributed by atoms with Crippen molar-refractivity contribution in [3.05, 3.63) is 18.2 Å². The summed E-state index contributed by atoms with van der Waals surface area (Å²) in [6, 6.07) is 0.617. The molecule has 2 aliphatic carbocycles. The lowest BCUT2D eigenvalue weighted by molar-refractivity contribution is 0.233. The number of nitrogens with two attached hydrogens (primary N) is 1. The molecule has 94 valence electrons. The van der Waals surface area contributed by atoms with Crippen molar-refractivity contribution < 1.29 is 0 Å². The van der Waals surface area contributed by atoms with Gasteiger partial charge in [-0.1, -0.05) is 19.3 Å². The van der Waals surface area contributed by atoms with Gasteiger partial charge in [0.05, 0.1) is 6.33 Å². The molecule has 1 aromatic heterocycles. The molecule has 17 heavy (non-hydrogen) atoms. The van der Waals surface area contributed by atoms with Gasteiger partial charge in [-0.25, -0.2) is 4.98 Å². The minimum absolute atomic E-state index is 0.617. The molecule has 1 aromatic rings. The summed E-state index contributed by atoms with van der Waals surface area (Å²) in [7, 11) is 0. The van der Waals surface area contributed by atoms with E-state index in [1.54, 1.807) is 0 Å². The summed E-state index contributed by atoms with van der Waals surface area (Å²) in [5, 5.41) is 0. The number of hydrogen-bond donors (Lipinski definition) is 1. The first-order chi connectivity index (χ1) is 8.40. The molecular formula is C14H23N3. The molecule has 3 rings (SSSR count). The van der Waals surface area contributed by atoms with Gasteiger partial charge in [0.2, 0.25) is 0 Å². The van der Waals surface area contributed by atoms with Crippen LogP contribution in [0, 0.1) is 5.92 Å². The van der Waals surface area contributed by atoms with E-state index in [9.17, 15) is 0 Å². The third-order valence-electron chi connectivity index (χ3n) is 4.75. The average Bonchev–Trinajstić information content (AvgIpc) is 2.75.